The predicted molar refractivity (Wildman–Crippen MR) is 67.3 cm³/mol. The highest BCUT2D eigenvalue weighted by molar-refractivity contribution is 7.92. The molecule has 1 aromatic carbocycles. The van der Waals surface area contributed by atoms with Gasteiger partial charge in [-0.3, -0.25) is 0 Å². The van der Waals surface area contributed by atoms with Gasteiger partial charge in [0.2, 0.25) is 0 Å². The zero-order valence-electron chi connectivity index (χ0n) is 10.8. The third kappa shape index (κ3) is 3.27. The number of hydrogen-bond donors (Lipinski definition) is 1. The van der Waals surface area contributed by atoms with E-state index < -0.39 is 32.4 Å². The molecule has 0 aliphatic heterocycles. The van der Waals surface area contributed by atoms with Crippen LogP contribution in [0.3, 0.4) is 0 Å². The van der Waals surface area contributed by atoms with Gasteiger partial charge in [0.15, 0.2) is 9.84 Å². The number of sulfone groups is 1. The van der Waals surface area contributed by atoms with Gasteiger partial charge in [-0.05, 0) is 31.5 Å². The second-order valence-corrected chi connectivity index (χ2v) is 7.57. The van der Waals surface area contributed by atoms with Gasteiger partial charge in [0.25, 0.3) is 0 Å². The van der Waals surface area contributed by atoms with E-state index in [1.807, 2.05) is 0 Å². The average molecular weight is 295 g/mol. The van der Waals surface area contributed by atoms with E-state index in [4.69, 9.17) is 5.73 Å². The zero-order valence-corrected chi connectivity index (χ0v) is 11.6. The van der Waals surface area contributed by atoms with E-state index >= 15 is 0 Å². The highest BCUT2D eigenvalue weighted by atomic mass is 32.2. The van der Waals surface area contributed by atoms with Crippen molar-refractivity contribution in [2.45, 2.75) is 30.8 Å². The van der Waals surface area contributed by atoms with Crippen LogP contribution in [0, 0.1) is 0 Å². The Morgan fingerprint density at radius 3 is 1.84 bits per heavy atom. The van der Waals surface area contributed by atoms with Crippen LogP contribution in [0.4, 0.5) is 13.2 Å². The van der Waals surface area contributed by atoms with Gasteiger partial charge in [-0.1, -0.05) is 12.1 Å². The monoisotopic (exact) mass is 295 g/mol. The van der Waals surface area contributed by atoms with Gasteiger partial charge in [0.05, 0.1) is 10.3 Å². The van der Waals surface area contributed by atoms with Crippen molar-refractivity contribution >= 4 is 9.84 Å². The molecule has 19 heavy (non-hydrogen) atoms. The molecule has 1 rings (SSSR count). The second kappa shape index (κ2) is 4.79. The molecule has 3 nitrogen and oxygen atoms in total. The molecule has 1 atom stereocenters. The first kappa shape index (κ1) is 16.0. The molecule has 1 unspecified atom stereocenters. The third-order valence-corrected chi connectivity index (χ3v) is 5.47. The summed E-state index contributed by atoms with van der Waals surface area (Å²) in [6, 6.07) is 3.31. The van der Waals surface area contributed by atoms with Gasteiger partial charge in [0, 0.05) is 12.3 Å². The summed E-state index contributed by atoms with van der Waals surface area (Å²) in [6.07, 6.45) is -3.37. The summed E-state index contributed by atoms with van der Waals surface area (Å²) in [5.41, 5.74) is 5.42. The number of hydrogen-bond acceptors (Lipinski definition) is 3. The molecule has 1 aromatic rings. The van der Waals surface area contributed by atoms with Crippen molar-refractivity contribution in [1.29, 1.82) is 0 Å². The van der Waals surface area contributed by atoms with Crippen LogP contribution in [0.2, 0.25) is 0 Å². The molecular formula is C12H16F3NO2S. The minimum atomic E-state index is -4.42. The first-order valence-electron chi connectivity index (χ1n) is 5.49. The lowest BCUT2D eigenvalue weighted by atomic mass is 9.95. The quantitative estimate of drug-likeness (QED) is 0.932. The molecule has 0 aliphatic rings. The summed E-state index contributed by atoms with van der Waals surface area (Å²) < 4.78 is 59.3. The van der Waals surface area contributed by atoms with E-state index in [1.54, 1.807) is 0 Å². The molecule has 7 heteroatoms. The first-order valence-corrected chi connectivity index (χ1v) is 7.39. The molecule has 0 fully saturated rings. The van der Waals surface area contributed by atoms with Crippen LogP contribution in [-0.4, -0.2) is 19.4 Å². The maximum absolute atomic E-state index is 12.4. The summed E-state index contributed by atoms with van der Waals surface area (Å²) in [5, 5.41) is 0. The van der Waals surface area contributed by atoms with Gasteiger partial charge in [-0.2, -0.15) is 13.2 Å². The van der Waals surface area contributed by atoms with Crippen LogP contribution in [0.1, 0.15) is 31.0 Å². The number of benzene rings is 1. The summed E-state index contributed by atoms with van der Waals surface area (Å²) in [4.78, 5) is 0. The standard InChI is InChI=1S/C12H16F3NO2S/c1-11(2,19(3,17)18)10(16)8-4-6-9(7-5-8)12(13,14)15/h4-7,10H,16H2,1-3H3. The molecule has 2 N–H and O–H groups in total. The minimum absolute atomic E-state index is 0.350. The Balaban J connectivity index is 3.13. The Morgan fingerprint density at radius 1 is 1.11 bits per heavy atom. The summed E-state index contributed by atoms with van der Waals surface area (Å²) in [7, 11) is -3.44. The van der Waals surface area contributed by atoms with Crippen molar-refractivity contribution in [3.05, 3.63) is 35.4 Å². The summed E-state index contributed by atoms with van der Waals surface area (Å²) in [6.45, 7) is 2.90. The van der Waals surface area contributed by atoms with Crippen LogP contribution >= 0.6 is 0 Å². The fraction of sp³-hybridized carbons (Fsp3) is 0.500. The van der Waals surface area contributed by atoms with Crippen molar-refractivity contribution in [3.63, 3.8) is 0 Å². The van der Waals surface area contributed by atoms with Crippen molar-refractivity contribution in [2.75, 3.05) is 6.26 Å². The number of rotatable bonds is 3. The van der Waals surface area contributed by atoms with Crippen molar-refractivity contribution in [1.82, 2.24) is 0 Å². The van der Waals surface area contributed by atoms with Crippen molar-refractivity contribution in [3.8, 4) is 0 Å². The van der Waals surface area contributed by atoms with Gasteiger partial charge in [0.1, 0.15) is 0 Å². The molecule has 0 bridgehead atoms. The SMILES string of the molecule is CC(C)(C(N)c1ccc(C(F)(F)F)cc1)S(C)(=O)=O. The lowest BCUT2D eigenvalue weighted by Gasteiger charge is -2.30. The van der Waals surface area contributed by atoms with Crippen LogP contribution in [-0.2, 0) is 16.0 Å². The van der Waals surface area contributed by atoms with E-state index in [0.29, 0.717) is 5.56 Å². The van der Waals surface area contributed by atoms with Crippen LogP contribution < -0.4 is 5.73 Å². The molecule has 0 amide bonds. The smallest absolute Gasteiger partial charge is 0.323 e. The van der Waals surface area contributed by atoms with Crippen LogP contribution in [0.5, 0.6) is 0 Å². The Hall–Kier alpha value is -1.08. The molecule has 0 aromatic heterocycles. The maximum atomic E-state index is 12.4. The Labute approximate surface area is 110 Å². The average Bonchev–Trinajstić information content (AvgIpc) is 2.25. The van der Waals surface area contributed by atoms with Crippen LogP contribution in [0.25, 0.3) is 0 Å². The predicted octanol–water partition coefficient (Wildman–Crippen LogP) is 2.53. The van der Waals surface area contributed by atoms with E-state index in [9.17, 15) is 21.6 Å². The highest BCUT2D eigenvalue weighted by Gasteiger charge is 2.38. The molecule has 0 saturated heterocycles. The van der Waals surface area contributed by atoms with E-state index in [2.05, 4.69) is 0 Å². The second-order valence-electron chi connectivity index (χ2n) is 4.97. The highest BCUT2D eigenvalue weighted by Crippen LogP contribution is 2.33. The molecular weight excluding hydrogens is 279 g/mol. The summed E-state index contributed by atoms with van der Waals surface area (Å²) in [5.74, 6) is 0. The Morgan fingerprint density at radius 2 is 1.53 bits per heavy atom. The molecule has 0 radical (unpaired) electrons. The number of halogens is 3. The van der Waals surface area contributed by atoms with Gasteiger partial charge in [-0.15, -0.1) is 0 Å². The largest absolute Gasteiger partial charge is 0.416 e. The lowest BCUT2D eigenvalue weighted by Crippen LogP contribution is -2.42. The number of nitrogens with two attached hydrogens (primary N) is 1. The first-order chi connectivity index (χ1) is 8.37. The topological polar surface area (TPSA) is 60.2 Å². The Bertz CT molecular complexity index is 547. The lowest BCUT2D eigenvalue weighted by molar-refractivity contribution is -0.137. The molecule has 108 valence electrons. The normalized spacial score (nSPS) is 15.3. The Kier molecular flexibility index (Phi) is 4.03. The zero-order chi connectivity index (χ0) is 15.1. The van der Waals surface area contributed by atoms with Gasteiger partial charge >= 0.3 is 6.18 Å². The van der Waals surface area contributed by atoms with Gasteiger partial charge < -0.3 is 5.73 Å². The fourth-order valence-corrected chi connectivity index (χ4v) is 2.11. The van der Waals surface area contributed by atoms with Gasteiger partial charge in [-0.25, -0.2) is 8.42 Å². The van der Waals surface area contributed by atoms with E-state index in [0.717, 1.165) is 18.4 Å². The summed E-state index contributed by atoms with van der Waals surface area (Å²) >= 11 is 0. The number of alkyl halides is 3. The van der Waals surface area contributed by atoms with Crippen molar-refractivity contribution in [2.24, 2.45) is 5.73 Å². The maximum Gasteiger partial charge on any atom is 0.416 e. The molecule has 0 heterocycles. The molecule has 0 spiro atoms. The van der Waals surface area contributed by atoms with Crippen molar-refractivity contribution < 1.29 is 21.6 Å². The van der Waals surface area contributed by atoms with Crippen LogP contribution in [0.15, 0.2) is 24.3 Å². The minimum Gasteiger partial charge on any atom is -0.323 e. The van der Waals surface area contributed by atoms with E-state index in [1.165, 1.54) is 26.0 Å². The van der Waals surface area contributed by atoms with E-state index in [-0.39, 0.29) is 0 Å². The molecule has 0 aliphatic carbocycles. The fourth-order valence-electron chi connectivity index (χ4n) is 1.51. The molecule has 0 saturated carbocycles. The third-order valence-electron chi connectivity index (χ3n) is 3.30.